The molecule has 2 rings (SSSR count). The minimum absolute atomic E-state index is 0.285. The Morgan fingerprint density at radius 3 is 2.50 bits per heavy atom. The molecule has 0 aliphatic heterocycles. The molecule has 1 aromatic heterocycles. The van der Waals surface area contributed by atoms with Crippen molar-refractivity contribution < 1.29 is 4.74 Å². The fourth-order valence-electron chi connectivity index (χ4n) is 3.00. The van der Waals surface area contributed by atoms with Crippen LogP contribution in [-0.4, -0.2) is 17.1 Å². The van der Waals surface area contributed by atoms with Gasteiger partial charge in [-0.3, -0.25) is 0 Å². The van der Waals surface area contributed by atoms with Gasteiger partial charge in [0.1, 0.15) is 16.1 Å². The van der Waals surface area contributed by atoms with Gasteiger partial charge in [0.25, 0.3) is 0 Å². The molecular formula is C16H26N2OS. The van der Waals surface area contributed by atoms with Gasteiger partial charge in [-0.2, -0.15) is 0 Å². The van der Waals surface area contributed by atoms with E-state index >= 15 is 0 Å². The van der Waals surface area contributed by atoms with Crippen molar-refractivity contribution in [2.24, 2.45) is 5.41 Å². The number of hydrogen-bond acceptors (Lipinski definition) is 3. The van der Waals surface area contributed by atoms with Gasteiger partial charge in [0.15, 0.2) is 0 Å². The predicted molar refractivity (Wildman–Crippen MR) is 84.4 cm³/mol. The van der Waals surface area contributed by atoms with Crippen LogP contribution in [0.1, 0.15) is 64.4 Å². The van der Waals surface area contributed by atoms with Crippen LogP contribution in [0.25, 0.3) is 0 Å². The lowest BCUT2D eigenvalue weighted by Crippen LogP contribution is -2.38. The smallest absolute Gasteiger partial charge is 0.140 e. The predicted octanol–water partition coefficient (Wildman–Crippen LogP) is 4.53. The number of nitrogens with zero attached hydrogens (tertiary/aromatic N) is 1. The number of aromatic amines is 1. The van der Waals surface area contributed by atoms with E-state index in [4.69, 9.17) is 17.0 Å². The monoisotopic (exact) mass is 294 g/mol. The SMILES string of the molecule is CCCc1cc(=S)nc(C2(OC)CCC(C)(C)CC2)[nH]1. The van der Waals surface area contributed by atoms with E-state index in [9.17, 15) is 0 Å². The molecule has 1 fully saturated rings. The maximum atomic E-state index is 5.91. The van der Waals surface area contributed by atoms with Gasteiger partial charge < -0.3 is 9.72 Å². The van der Waals surface area contributed by atoms with Crippen LogP contribution in [0, 0.1) is 10.1 Å². The second-order valence-electron chi connectivity index (χ2n) is 6.71. The Balaban J connectivity index is 2.34. The number of methoxy groups -OCH3 is 1. The van der Waals surface area contributed by atoms with Crippen LogP contribution in [0.4, 0.5) is 0 Å². The van der Waals surface area contributed by atoms with Gasteiger partial charge in [-0.15, -0.1) is 0 Å². The summed E-state index contributed by atoms with van der Waals surface area (Å²) in [6.45, 7) is 6.83. The Hall–Kier alpha value is -0.740. The summed E-state index contributed by atoms with van der Waals surface area (Å²) in [6, 6.07) is 1.97. The first-order chi connectivity index (χ1) is 9.41. The van der Waals surface area contributed by atoms with E-state index < -0.39 is 0 Å². The number of nitrogens with one attached hydrogen (secondary N) is 1. The van der Waals surface area contributed by atoms with Gasteiger partial charge in [0.05, 0.1) is 0 Å². The van der Waals surface area contributed by atoms with Crippen molar-refractivity contribution in [3.05, 3.63) is 22.2 Å². The normalized spacial score (nSPS) is 20.8. The number of rotatable bonds is 4. The molecule has 1 saturated carbocycles. The zero-order chi connectivity index (χ0) is 14.8. The van der Waals surface area contributed by atoms with Crippen LogP contribution in [0.3, 0.4) is 0 Å². The second kappa shape index (κ2) is 5.94. The second-order valence-corrected chi connectivity index (χ2v) is 7.12. The zero-order valence-electron chi connectivity index (χ0n) is 13.1. The van der Waals surface area contributed by atoms with Gasteiger partial charge in [0, 0.05) is 12.8 Å². The summed E-state index contributed by atoms with van der Waals surface area (Å²) in [4.78, 5) is 8.04. The fourth-order valence-corrected chi connectivity index (χ4v) is 3.23. The van der Waals surface area contributed by atoms with Crippen molar-refractivity contribution in [2.45, 2.75) is 64.9 Å². The minimum Gasteiger partial charge on any atom is -0.370 e. The van der Waals surface area contributed by atoms with Gasteiger partial charge in [0.2, 0.25) is 0 Å². The Morgan fingerprint density at radius 2 is 1.95 bits per heavy atom. The molecule has 0 aromatic carbocycles. The molecule has 0 saturated heterocycles. The summed E-state index contributed by atoms with van der Waals surface area (Å²) in [6.07, 6.45) is 6.42. The first-order valence-corrected chi connectivity index (χ1v) is 7.97. The van der Waals surface area contributed by atoms with Crippen LogP contribution >= 0.6 is 12.2 Å². The van der Waals surface area contributed by atoms with Crippen molar-refractivity contribution >= 4 is 12.2 Å². The van der Waals surface area contributed by atoms with E-state index in [-0.39, 0.29) is 5.60 Å². The molecule has 0 atom stereocenters. The third-order valence-corrected chi connectivity index (χ3v) is 4.76. The standard InChI is InChI=1S/C16H26N2OS/c1-5-6-12-11-13(20)18-14(17-12)16(19-4)9-7-15(2,3)8-10-16/h11H,5-10H2,1-4H3,(H,17,18,20). The van der Waals surface area contributed by atoms with E-state index in [0.29, 0.717) is 10.1 Å². The third-order valence-electron chi connectivity index (χ3n) is 4.55. The summed E-state index contributed by atoms with van der Waals surface area (Å²) < 4.78 is 6.58. The highest BCUT2D eigenvalue weighted by Gasteiger charge is 2.41. The molecule has 1 N–H and O–H groups in total. The molecule has 20 heavy (non-hydrogen) atoms. The molecule has 0 amide bonds. The van der Waals surface area contributed by atoms with Crippen molar-refractivity contribution in [3.63, 3.8) is 0 Å². The highest BCUT2D eigenvalue weighted by atomic mass is 32.1. The molecule has 0 radical (unpaired) electrons. The molecule has 1 aliphatic rings. The van der Waals surface area contributed by atoms with E-state index in [1.807, 2.05) is 6.07 Å². The van der Waals surface area contributed by atoms with Crippen LogP contribution in [0.2, 0.25) is 0 Å². The maximum Gasteiger partial charge on any atom is 0.140 e. The van der Waals surface area contributed by atoms with E-state index in [2.05, 4.69) is 30.7 Å². The lowest BCUT2D eigenvalue weighted by atomic mass is 9.70. The van der Waals surface area contributed by atoms with Crippen molar-refractivity contribution in [2.75, 3.05) is 7.11 Å². The lowest BCUT2D eigenvalue weighted by molar-refractivity contribution is -0.0731. The Kier molecular flexibility index (Phi) is 4.65. The molecule has 1 heterocycles. The summed E-state index contributed by atoms with van der Waals surface area (Å²) in [7, 11) is 1.80. The fraction of sp³-hybridized carbons (Fsp3) is 0.750. The largest absolute Gasteiger partial charge is 0.370 e. The van der Waals surface area contributed by atoms with Crippen molar-refractivity contribution in [1.82, 2.24) is 9.97 Å². The summed E-state index contributed by atoms with van der Waals surface area (Å²) in [5, 5.41) is 0. The molecule has 0 unspecified atom stereocenters. The summed E-state index contributed by atoms with van der Waals surface area (Å²) in [5.74, 6) is 0.923. The number of aryl methyl sites for hydroxylation is 1. The Labute approximate surface area is 127 Å². The highest BCUT2D eigenvalue weighted by Crippen LogP contribution is 2.46. The van der Waals surface area contributed by atoms with Gasteiger partial charge >= 0.3 is 0 Å². The third kappa shape index (κ3) is 3.29. The van der Waals surface area contributed by atoms with Crippen LogP contribution in [0.5, 0.6) is 0 Å². The maximum absolute atomic E-state index is 5.91. The number of aromatic nitrogens is 2. The van der Waals surface area contributed by atoms with Gasteiger partial charge in [-0.05, 0) is 43.6 Å². The quantitative estimate of drug-likeness (QED) is 0.829. The van der Waals surface area contributed by atoms with E-state index in [0.717, 1.165) is 44.3 Å². The number of hydrogen-bond donors (Lipinski definition) is 1. The molecule has 3 nitrogen and oxygen atoms in total. The zero-order valence-corrected chi connectivity index (χ0v) is 13.9. The first-order valence-electron chi connectivity index (χ1n) is 7.57. The first kappa shape index (κ1) is 15.6. The molecule has 4 heteroatoms. The highest BCUT2D eigenvalue weighted by molar-refractivity contribution is 7.71. The minimum atomic E-state index is -0.285. The molecule has 1 aromatic rings. The molecule has 0 bridgehead atoms. The van der Waals surface area contributed by atoms with Crippen molar-refractivity contribution in [1.29, 1.82) is 0 Å². The van der Waals surface area contributed by atoms with Gasteiger partial charge in [-0.1, -0.05) is 39.4 Å². The topological polar surface area (TPSA) is 37.9 Å². The molecule has 0 spiro atoms. The van der Waals surface area contributed by atoms with E-state index in [1.54, 1.807) is 7.11 Å². The Bertz CT molecular complexity index is 511. The van der Waals surface area contributed by atoms with Gasteiger partial charge in [-0.25, -0.2) is 4.98 Å². The van der Waals surface area contributed by atoms with E-state index in [1.165, 1.54) is 5.69 Å². The average Bonchev–Trinajstić information content (AvgIpc) is 2.39. The molecular weight excluding hydrogens is 268 g/mol. The Morgan fingerprint density at radius 1 is 1.30 bits per heavy atom. The summed E-state index contributed by atoms with van der Waals surface area (Å²) >= 11 is 5.33. The lowest BCUT2D eigenvalue weighted by Gasteiger charge is -2.42. The molecule has 112 valence electrons. The number of H-pyrrole nitrogens is 1. The van der Waals surface area contributed by atoms with Crippen molar-refractivity contribution in [3.8, 4) is 0 Å². The molecule has 1 aliphatic carbocycles. The number of ether oxygens (including phenoxy) is 1. The average molecular weight is 294 g/mol. The van der Waals surface area contributed by atoms with Crippen LogP contribution in [-0.2, 0) is 16.8 Å². The van der Waals surface area contributed by atoms with Crippen LogP contribution in [0.15, 0.2) is 6.07 Å². The summed E-state index contributed by atoms with van der Waals surface area (Å²) in [5.41, 5.74) is 1.29. The van der Waals surface area contributed by atoms with Crippen LogP contribution < -0.4 is 0 Å².